The second-order valence-electron chi connectivity index (χ2n) is 7.01. The Labute approximate surface area is 210 Å². The summed E-state index contributed by atoms with van der Waals surface area (Å²) in [5.74, 6) is 1.96. The summed E-state index contributed by atoms with van der Waals surface area (Å²) in [4.78, 5) is 52.4. The molecule has 2 rings (SSSR count). The van der Waals surface area contributed by atoms with E-state index in [9.17, 15) is 24.3 Å². The van der Waals surface area contributed by atoms with Crippen LogP contribution in [0.15, 0.2) is 41.4 Å². The third kappa shape index (κ3) is 8.89. The monoisotopic (exact) mass is 523 g/mol. The number of amides is 2. The summed E-state index contributed by atoms with van der Waals surface area (Å²) in [6.07, 6.45) is 0.920. The number of halogens is 2. The van der Waals surface area contributed by atoms with Gasteiger partial charge in [0.1, 0.15) is 6.34 Å². The van der Waals surface area contributed by atoms with E-state index in [1.807, 2.05) is 0 Å². The second-order valence-corrected chi connectivity index (χ2v) is 7.89. The molecular formula is C22H23Cl2N5O6. The van der Waals surface area contributed by atoms with Gasteiger partial charge in [-0.1, -0.05) is 23.2 Å². The van der Waals surface area contributed by atoms with E-state index in [1.54, 1.807) is 19.1 Å². The number of hydrogen-bond acceptors (Lipinski definition) is 7. The molecule has 11 nitrogen and oxygen atoms in total. The molecule has 186 valence electrons. The van der Waals surface area contributed by atoms with Gasteiger partial charge >= 0.3 is 11.9 Å². The minimum absolute atomic E-state index is 0.0356. The van der Waals surface area contributed by atoms with E-state index in [0.29, 0.717) is 15.6 Å². The van der Waals surface area contributed by atoms with Gasteiger partial charge in [0.15, 0.2) is 0 Å². The first-order valence-corrected chi connectivity index (χ1v) is 10.9. The smallest absolute Gasteiger partial charge is 0.335 e. The SMILES string of the molecule is CCOC(=O)CC(NC(=O)CNC(=O)c1cc(N=CNN)cc(C(=O)O)c1)c1cc(Cl)cc(Cl)c1. The van der Waals surface area contributed by atoms with Crippen LogP contribution in [0.2, 0.25) is 10.0 Å². The maximum atomic E-state index is 12.6. The van der Waals surface area contributed by atoms with Crippen LogP contribution in [0.5, 0.6) is 0 Å². The molecule has 0 spiro atoms. The maximum Gasteiger partial charge on any atom is 0.335 e. The van der Waals surface area contributed by atoms with E-state index >= 15 is 0 Å². The highest BCUT2D eigenvalue weighted by atomic mass is 35.5. The van der Waals surface area contributed by atoms with Gasteiger partial charge in [0.25, 0.3) is 5.91 Å². The molecule has 0 fully saturated rings. The van der Waals surface area contributed by atoms with Gasteiger partial charge in [-0.15, -0.1) is 0 Å². The minimum atomic E-state index is -1.27. The zero-order chi connectivity index (χ0) is 26.0. The first-order chi connectivity index (χ1) is 16.6. The van der Waals surface area contributed by atoms with Gasteiger partial charge in [0.05, 0.1) is 36.9 Å². The van der Waals surface area contributed by atoms with Gasteiger partial charge in [-0.25, -0.2) is 15.6 Å². The zero-order valence-corrected chi connectivity index (χ0v) is 20.0. The molecule has 0 saturated carbocycles. The van der Waals surface area contributed by atoms with Gasteiger partial charge in [-0.2, -0.15) is 0 Å². The predicted molar refractivity (Wildman–Crippen MR) is 130 cm³/mol. The summed E-state index contributed by atoms with van der Waals surface area (Å²) in [5, 5.41) is 14.9. The van der Waals surface area contributed by atoms with E-state index in [0.717, 1.165) is 12.4 Å². The summed E-state index contributed by atoms with van der Waals surface area (Å²) in [5.41, 5.74) is 2.58. The predicted octanol–water partition coefficient (Wildman–Crippen LogP) is 2.36. The number of benzene rings is 2. The number of esters is 1. The summed E-state index contributed by atoms with van der Waals surface area (Å²) >= 11 is 12.1. The molecule has 13 heteroatoms. The van der Waals surface area contributed by atoms with Crippen molar-refractivity contribution in [3.63, 3.8) is 0 Å². The van der Waals surface area contributed by atoms with Crippen LogP contribution in [-0.2, 0) is 14.3 Å². The van der Waals surface area contributed by atoms with Crippen molar-refractivity contribution >= 4 is 59.0 Å². The number of nitrogens with two attached hydrogens (primary N) is 1. The number of nitrogens with one attached hydrogen (secondary N) is 3. The van der Waals surface area contributed by atoms with E-state index < -0.39 is 36.3 Å². The van der Waals surface area contributed by atoms with Crippen LogP contribution in [0, 0.1) is 0 Å². The Morgan fingerprint density at radius 2 is 1.74 bits per heavy atom. The highest BCUT2D eigenvalue weighted by molar-refractivity contribution is 6.34. The fourth-order valence-corrected chi connectivity index (χ4v) is 3.52. The fourth-order valence-electron chi connectivity index (χ4n) is 2.98. The Morgan fingerprint density at radius 3 is 2.34 bits per heavy atom. The lowest BCUT2D eigenvalue weighted by Gasteiger charge is -2.19. The van der Waals surface area contributed by atoms with Crippen molar-refractivity contribution < 1.29 is 29.0 Å². The van der Waals surface area contributed by atoms with E-state index in [1.165, 1.54) is 18.2 Å². The Hall–Kier alpha value is -3.67. The van der Waals surface area contributed by atoms with Gasteiger partial charge in [0.2, 0.25) is 5.91 Å². The molecule has 0 aliphatic heterocycles. The zero-order valence-electron chi connectivity index (χ0n) is 18.5. The molecule has 0 aliphatic carbocycles. The molecule has 2 amide bonds. The van der Waals surface area contributed by atoms with Crippen molar-refractivity contribution in [3.8, 4) is 0 Å². The van der Waals surface area contributed by atoms with E-state index in [4.69, 9.17) is 33.8 Å². The van der Waals surface area contributed by atoms with Crippen LogP contribution in [-0.4, -0.2) is 48.3 Å². The molecular weight excluding hydrogens is 501 g/mol. The Balaban J connectivity index is 2.14. The number of ether oxygens (including phenoxy) is 1. The maximum absolute atomic E-state index is 12.6. The molecule has 0 radical (unpaired) electrons. The number of carboxylic acid groups (broad SMARTS) is 1. The highest BCUT2D eigenvalue weighted by Gasteiger charge is 2.21. The highest BCUT2D eigenvalue weighted by Crippen LogP contribution is 2.26. The molecule has 1 atom stereocenters. The number of hydrogen-bond donors (Lipinski definition) is 5. The van der Waals surface area contributed by atoms with E-state index in [2.05, 4.69) is 21.1 Å². The number of carboxylic acids is 1. The summed E-state index contributed by atoms with van der Waals surface area (Å²) in [6, 6.07) is 7.48. The van der Waals surface area contributed by atoms with Crippen molar-refractivity contribution in [2.24, 2.45) is 10.8 Å². The summed E-state index contributed by atoms with van der Waals surface area (Å²) in [6.45, 7) is 1.35. The normalized spacial score (nSPS) is 11.5. The molecule has 1 unspecified atom stereocenters. The number of carbonyl (C=O) groups is 4. The first kappa shape index (κ1) is 27.6. The molecule has 0 bridgehead atoms. The molecule has 0 aromatic heterocycles. The van der Waals surface area contributed by atoms with Gasteiger partial charge in [-0.3, -0.25) is 14.4 Å². The van der Waals surface area contributed by atoms with E-state index in [-0.39, 0.29) is 29.8 Å². The number of rotatable bonds is 11. The molecule has 0 aliphatic rings. The van der Waals surface area contributed by atoms with Crippen LogP contribution >= 0.6 is 23.2 Å². The molecule has 6 N–H and O–H groups in total. The van der Waals surface area contributed by atoms with Crippen molar-refractivity contribution in [3.05, 3.63) is 63.1 Å². The van der Waals surface area contributed by atoms with Crippen molar-refractivity contribution in [2.75, 3.05) is 13.2 Å². The third-order valence-corrected chi connectivity index (χ3v) is 4.86. The van der Waals surface area contributed by atoms with Crippen molar-refractivity contribution in [2.45, 2.75) is 19.4 Å². The van der Waals surface area contributed by atoms with Crippen LogP contribution in [0.1, 0.15) is 45.7 Å². The number of aromatic carboxylic acids is 1. The van der Waals surface area contributed by atoms with Crippen LogP contribution in [0.4, 0.5) is 5.69 Å². The Morgan fingerprint density at radius 1 is 1.09 bits per heavy atom. The molecule has 2 aromatic rings. The number of carbonyl (C=O) groups excluding carboxylic acids is 3. The average molecular weight is 524 g/mol. The average Bonchev–Trinajstić information content (AvgIpc) is 2.80. The molecule has 2 aromatic carbocycles. The van der Waals surface area contributed by atoms with Crippen LogP contribution in [0.3, 0.4) is 0 Å². The van der Waals surface area contributed by atoms with Gasteiger partial charge in [0, 0.05) is 15.6 Å². The first-order valence-electron chi connectivity index (χ1n) is 10.2. The standard InChI is InChI=1S/C22H23Cl2N5O6/c1-2-35-20(31)9-18(12-4-15(23)8-16(24)5-12)29-19(30)10-26-21(32)13-3-14(22(33)34)7-17(6-13)27-11-28-25/h3-8,11,18H,2,9-10,25H2,1H3,(H,26,32)(H,27,28)(H,29,30)(H,33,34). The second kappa shape index (κ2) is 13.3. The number of hydrazine groups is 1. The molecule has 0 heterocycles. The number of nitrogens with zero attached hydrogens (tertiary/aromatic N) is 1. The van der Waals surface area contributed by atoms with Crippen molar-refractivity contribution in [1.29, 1.82) is 0 Å². The topological polar surface area (TPSA) is 172 Å². The van der Waals surface area contributed by atoms with Gasteiger partial charge in [-0.05, 0) is 48.9 Å². The van der Waals surface area contributed by atoms with Crippen molar-refractivity contribution in [1.82, 2.24) is 16.1 Å². The van der Waals surface area contributed by atoms with Crippen LogP contribution < -0.4 is 21.9 Å². The lowest BCUT2D eigenvalue weighted by Crippen LogP contribution is -2.39. The largest absolute Gasteiger partial charge is 0.478 e. The molecule has 35 heavy (non-hydrogen) atoms. The third-order valence-electron chi connectivity index (χ3n) is 4.42. The number of aliphatic imine (C=N–C) groups is 1. The minimum Gasteiger partial charge on any atom is -0.478 e. The quantitative estimate of drug-likeness (QED) is 0.0980. The fraction of sp³-hybridized carbons (Fsp3) is 0.227. The Kier molecular flexibility index (Phi) is 10.5. The molecule has 0 saturated heterocycles. The summed E-state index contributed by atoms with van der Waals surface area (Å²) in [7, 11) is 0. The lowest BCUT2D eigenvalue weighted by atomic mass is 10.0. The Bertz CT molecular complexity index is 1120. The lowest BCUT2D eigenvalue weighted by molar-refractivity contribution is -0.143. The van der Waals surface area contributed by atoms with Crippen LogP contribution in [0.25, 0.3) is 0 Å². The van der Waals surface area contributed by atoms with Gasteiger partial charge < -0.3 is 25.9 Å². The summed E-state index contributed by atoms with van der Waals surface area (Å²) < 4.78 is 4.96.